The third-order valence-corrected chi connectivity index (χ3v) is 4.19. The molecule has 0 fully saturated rings. The molecule has 0 amide bonds. The van der Waals surface area contributed by atoms with Gasteiger partial charge in [0.25, 0.3) is 10.0 Å². The van der Waals surface area contributed by atoms with Crippen LogP contribution >= 0.6 is 0 Å². The van der Waals surface area contributed by atoms with E-state index < -0.39 is 10.0 Å². The Morgan fingerprint density at radius 2 is 1.89 bits per heavy atom. The average molecular weight is 266 g/mol. The molecule has 0 radical (unpaired) electrons. The topological polar surface area (TPSA) is 101 Å². The van der Waals surface area contributed by atoms with Crippen molar-refractivity contribution in [3.05, 3.63) is 35.7 Å². The first-order valence-electron chi connectivity index (χ1n) is 5.28. The Kier molecular flexibility index (Phi) is 3.00. The highest BCUT2D eigenvalue weighted by atomic mass is 32.2. The van der Waals surface area contributed by atoms with Crippen LogP contribution in [0.5, 0.6) is 0 Å². The predicted octanol–water partition coefficient (Wildman–Crippen LogP) is 1.41. The van der Waals surface area contributed by atoms with Gasteiger partial charge in [0.05, 0.1) is 16.8 Å². The second-order valence-corrected chi connectivity index (χ2v) is 5.70. The summed E-state index contributed by atoms with van der Waals surface area (Å²) >= 11 is 0. The fourth-order valence-corrected chi connectivity index (χ4v) is 3.41. The number of anilines is 2. The molecular formula is C11H14N4O2S. The molecule has 18 heavy (non-hydrogen) atoms. The number of hydrogen-bond donors (Lipinski definition) is 3. The van der Waals surface area contributed by atoms with Crippen molar-refractivity contribution >= 4 is 21.4 Å². The summed E-state index contributed by atoms with van der Waals surface area (Å²) in [6.45, 7) is 3.43. The van der Waals surface area contributed by atoms with Gasteiger partial charge in [0, 0.05) is 11.9 Å². The molecule has 0 aliphatic carbocycles. The molecule has 0 saturated carbocycles. The Morgan fingerprint density at radius 3 is 2.39 bits per heavy atom. The number of aromatic nitrogens is 2. The van der Waals surface area contributed by atoms with Gasteiger partial charge >= 0.3 is 0 Å². The molecule has 0 aliphatic rings. The van der Waals surface area contributed by atoms with Gasteiger partial charge in [0.2, 0.25) is 0 Å². The number of H-pyrrole nitrogens is 1. The number of aromatic amines is 1. The van der Waals surface area contributed by atoms with Gasteiger partial charge in [0.1, 0.15) is 0 Å². The molecule has 0 atom stereocenters. The number of rotatable bonds is 3. The Bertz CT molecular complexity index is 639. The number of nitrogens with zero attached hydrogens (tertiary/aromatic N) is 1. The van der Waals surface area contributed by atoms with Gasteiger partial charge in [-0.05, 0) is 37.1 Å². The zero-order chi connectivity index (χ0) is 13.3. The monoisotopic (exact) mass is 266 g/mol. The molecule has 2 aromatic rings. The summed E-state index contributed by atoms with van der Waals surface area (Å²) in [5, 5.41) is 6.23. The molecule has 2 rings (SSSR count). The Morgan fingerprint density at radius 1 is 1.28 bits per heavy atom. The van der Waals surface area contributed by atoms with Gasteiger partial charge in [-0.3, -0.25) is 9.82 Å². The molecule has 1 aromatic heterocycles. The van der Waals surface area contributed by atoms with E-state index in [0.717, 1.165) is 0 Å². The zero-order valence-corrected chi connectivity index (χ0v) is 10.9. The quantitative estimate of drug-likeness (QED) is 0.731. The van der Waals surface area contributed by atoms with Gasteiger partial charge in [-0.2, -0.15) is 5.10 Å². The molecule has 1 heterocycles. The number of nitrogen functional groups attached to an aromatic ring is 1. The van der Waals surface area contributed by atoms with Gasteiger partial charge in [-0.25, -0.2) is 8.42 Å². The van der Waals surface area contributed by atoms with Gasteiger partial charge in [-0.1, -0.05) is 0 Å². The van der Waals surface area contributed by atoms with E-state index in [1.54, 1.807) is 26.0 Å². The summed E-state index contributed by atoms with van der Waals surface area (Å²) in [5.41, 5.74) is 7.85. The Labute approximate surface area is 105 Å². The third kappa shape index (κ3) is 2.30. The predicted molar refractivity (Wildman–Crippen MR) is 69.7 cm³/mol. The molecule has 96 valence electrons. The average Bonchev–Trinajstić information content (AvgIpc) is 2.66. The van der Waals surface area contributed by atoms with Gasteiger partial charge < -0.3 is 5.73 Å². The highest BCUT2D eigenvalue weighted by Crippen LogP contribution is 2.24. The molecule has 0 saturated heterocycles. The normalized spacial score (nSPS) is 11.4. The van der Waals surface area contributed by atoms with Crippen LogP contribution < -0.4 is 10.5 Å². The molecule has 7 heteroatoms. The first-order valence-corrected chi connectivity index (χ1v) is 6.77. The van der Waals surface area contributed by atoms with Crippen LogP contribution in [0.3, 0.4) is 0 Å². The molecule has 0 spiro atoms. The minimum Gasteiger partial charge on any atom is -0.399 e. The van der Waals surface area contributed by atoms with Crippen molar-refractivity contribution in [1.82, 2.24) is 10.2 Å². The summed E-state index contributed by atoms with van der Waals surface area (Å²) in [5.74, 6) is 0. The van der Waals surface area contributed by atoms with E-state index in [1.165, 1.54) is 12.4 Å². The van der Waals surface area contributed by atoms with Crippen molar-refractivity contribution in [2.45, 2.75) is 18.7 Å². The van der Waals surface area contributed by atoms with Crippen LogP contribution in [0.1, 0.15) is 11.1 Å². The van der Waals surface area contributed by atoms with Crippen LogP contribution in [-0.4, -0.2) is 18.6 Å². The minimum absolute atomic E-state index is 0.248. The number of sulfonamides is 1. The van der Waals surface area contributed by atoms with Crippen LogP contribution in [-0.2, 0) is 10.0 Å². The lowest BCUT2D eigenvalue weighted by molar-refractivity contribution is 0.600. The van der Waals surface area contributed by atoms with Crippen LogP contribution in [0.15, 0.2) is 29.4 Å². The summed E-state index contributed by atoms with van der Waals surface area (Å²) in [7, 11) is -3.63. The Hall–Kier alpha value is -2.02. The van der Waals surface area contributed by atoms with Crippen molar-refractivity contribution in [2.75, 3.05) is 10.5 Å². The van der Waals surface area contributed by atoms with E-state index in [1.807, 2.05) is 0 Å². The van der Waals surface area contributed by atoms with E-state index >= 15 is 0 Å². The largest absolute Gasteiger partial charge is 0.399 e. The lowest BCUT2D eigenvalue weighted by Crippen LogP contribution is -2.15. The first kappa shape index (κ1) is 12.4. The third-order valence-electron chi connectivity index (χ3n) is 2.50. The highest BCUT2D eigenvalue weighted by Gasteiger charge is 2.20. The van der Waals surface area contributed by atoms with Crippen LogP contribution in [0.4, 0.5) is 11.4 Å². The van der Waals surface area contributed by atoms with Crippen LogP contribution in [0.25, 0.3) is 0 Å². The second kappa shape index (κ2) is 4.34. The molecule has 1 aromatic carbocycles. The maximum Gasteiger partial charge on any atom is 0.262 e. The molecule has 6 nitrogen and oxygen atoms in total. The number of hydrogen-bond acceptors (Lipinski definition) is 4. The lowest BCUT2D eigenvalue weighted by Gasteiger charge is -2.12. The second-order valence-electron chi connectivity index (χ2n) is 4.08. The van der Waals surface area contributed by atoms with Crippen molar-refractivity contribution in [1.29, 1.82) is 0 Å². The van der Waals surface area contributed by atoms with E-state index in [2.05, 4.69) is 14.9 Å². The van der Waals surface area contributed by atoms with Gasteiger partial charge in [0.15, 0.2) is 0 Å². The van der Waals surface area contributed by atoms with Crippen molar-refractivity contribution in [3.63, 3.8) is 0 Å². The van der Waals surface area contributed by atoms with E-state index in [-0.39, 0.29) is 4.90 Å². The molecule has 0 unspecified atom stereocenters. The molecule has 0 aliphatic heterocycles. The Balaban J connectivity index is 2.48. The SMILES string of the molecule is Cc1cc(N)cc(C)c1S(=O)(=O)Nc1cn[nH]c1. The van der Waals surface area contributed by atoms with Crippen molar-refractivity contribution < 1.29 is 8.42 Å². The maximum absolute atomic E-state index is 12.3. The number of benzene rings is 1. The number of nitrogens with one attached hydrogen (secondary N) is 2. The minimum atomic E-state index is -3.63. The fraction of sp³-hybridized carbons (Fsp3) is 0.182. The van der Waals surface area contributed by atoms with Crippen molar-refractivity contribution in [3.8, 4) is 0 Å². The molecule has 0 bridgehead atoms. The summed E-state index contributed by atoms with van der Waals surface area (Å²) in [6, 6.07) is 3.27. The lowest BCUT2D eigenvalue weighted by atomic mass is 10.1. The smallest absolute Gasteiger partial charge is 0.262 e. The van der Waals surface area contributed by atoms with E-state index in [0.29, 0.717) is 22.5 Å². The first-order chi connectivity index (χ1) is 8.40. The maximum atomic E-state index is 12.3. The summed E-state index contributed by atoms with van der Waals surface area (Å²) in [4.78, 5) is 0.248. The standard InChI is InChI=1S/C11H14N4O2S/c1-7-3-9(12)4-8(2)11(7)18(16,17)15-10-5-13-14-6-10/h3-6,15H,12H2,1-2H3,(H,13,14). The fourth-order valence-electron chi connectivity index (χ4n) is 1.92. The van der Waals surface area contributed by atoms with Crippen LogP contribution in [0, 0.1) is 13.8 Å². The number of nitrogens with two attached hydrogens (primary N) is 1. The summed E-state index contributed by atoms with van der Waals surface area (Å²) in [6.07, 6.45) is 2.87. The highest BCUT2D eigenvalue weighted by molar-refractivity contribution is 7.92. The van der Waals surface area contributed by atoms with E-state index in [9.17, 15) is 8.42 Å². The van der Waals surface area contributed by atoms with Crippen LogP contribution in [0.2, 0.25) is 0 Å². The summed E-state index contributed by atoms with van der Waals surface area (Å²) < 4.78 is 27.0. The van der Waals surface area contributed by atoms with E-state index in [4.69, 9.17) is 5.73 Å². The molecule has 4 N–H and O–H groups in total. The number of aryl methyl sites for hydroxylation is 2. The zero-order valence-electron chi connectivity index (χ0n) is 10.1. The van der Waals surface area contributed by atoms with Crippen molar-refractivity contribution in [2.24, 2.45) is 0 Å². The molecular weight excluding hydrogens is 252 g/mol. The van der Waals surface area contributed by atoms with Gasteiger partial charge in [-0.15, -0.1) is 0 Å².